The molecule has 1 spiro atoms. The highest BCUT2D eigenvalue weighted by atomic mass is 35.5. The van der Waals surface area contributed by atoms with Crippen LogP contribution in [-0.4, -0.2) is 25.0 Å². The number of anilines is 1. The van der Waals surface area contributed by atoms with Gasteiger partial charge in [-0.25, -0.2) is 0 Å². The first-order valence-electron chi connectivity index (χ1n) is 6.66. The van der Waals surface area contributed by atoms with Crippen molar-refractivity contribution >= 4 is 28.9 Å². The van der Waals surface area contributed by atoms with E-state index < -0.39 is 0 Å². The molecule has 19 heavy (non-hydrogen) atoms. The lowest BCUT2D eigenvalue weighted by Gasteiger charge is -2.36. The maximum atomic E-state index is 6.17. The van der Waals surface area contributed by atoms with Crippen molar-refractivity contribution in [3.63, 3.8) is 0 Å². The van der Waals surface area contributed by atoms with E-state index in [0.717, 1.165) is 44.6 Å². The van der Waals surface area contributed by atoms with Crippen molar-refractivity contribution in [2.75, 3.05) is 18.5 Å². The van der Waals surface area contributed by atoms with Gasteiger partial charge in [-0.15, -0.1) is 0 Å². The summed E-state index contributed by atoms with van der Waals surface area (Å²) in [7, 11) is 0. The minimum Gasteiger partial charge on any atom is -0.381 e. The van der Waals surface area contributed by atoms with Gasteiger partial charge in [-0.1, -0.05) is 23.2 Å². The number of hydrogen-bond acceptors (Lipinski definition) is 3. The summed E-state index contributed by atoms with van der Waals surface area (Å²) in [6.07, 6.45) is 3.90. The van der Waals surface area contributed by atoms with Crippen LogP contribution in [0.4, 0.5) is 5.69 Å². The Balaban J connectivity index is 1.61. The van der Waals surface area contributed by atoms with Crippen molar-refractivity contribution in [2.24, 2.45) is 0 Å². The number of halogens is 2. The van der Waals surface area contributed by atoms with E-state index in [1.807, 2.05) is 12.1 Å². The zero-order valence-corrected chi connectivity index (χ0v) is 12.1. The van der Waals surface area contributed by atoms with Gasteiger partial charge in [0.2, 0.25) is 0 Å². The van der Waals surface area contributed by atoms with Crippen LogP contribution in [0.1, 0.15) is 25.7 Å². The predicted octanol–water partition coefficient (Wildman–Crippen LogP) is 4.09. The maximum Gasteiger partial charge on any atom is 0.168 e. The number of ether oxygens (including phenoxy) is 2. The molecule has 0 aromatic heterocycles. The molecule has 1 saturated carbocycles. The molecule has 0 bridgehead atoms. The first-order chi connectivity index (χ1) is 9.17. The molecular weight excluding hydrogens is 285 g/mol. The largest absolute Gasteiger partial charge is 0.381 e. The second-order valence-electron chi connectivity index (χ2n) is 5.15. The highest BCUT2D eigenvalue weighted by Crippen LogP contribution is 2.37. The van der Waals surface area contributed by atoms with Gasteiger partial charge >= 0.3 is 0 Å². The molecule has 0 atom stereocenters. The topological polar surface area (TPSA) is 30.5 Å². The van der Waals surface area contributed by atoms with E-state index in [-0.39, 0.29) is 5.79 Å². The van der Waals surface area contributed by atoms with E-state index in [1.165, 1.54) is 0 Å². The van der Waals surface area contributed by atoms with Crippen molar-refractivity contribution in [3.05, 3.63) is 28.2 Å². The fourth-order valence-corrected chi connectivity index (χ4v) is 3.16. The van der Waals surface area contributed by atoms with Crippen LogP contribution in [0.15, 0.2) is 18.2 Å². The Kier molecular flexibility index (Phi) is 3.90. The normalized spacial score (nSPS) is 22.8. The van der Waals surface area contributed by atoms with E-state index in [9.17, 15) is 0 Å². The monoisotopic (exact) mass is 301 g/mol. The molecule has 0 radical (unpaired) electrons. The third kappa shape index (κ3) is 3.00. The van der Waals surface area contributed by atoms with Gasteiger partial charge in [0, 0.05) is 23.9 Å². The summed E-state index contributed by atoms with van der Waals surface area (Å²) in [6.45, 7) is 1.44. The van der Waals surface area contributed by atoms with Gasteiger partial charge in [-0.3, -0.25) is 0 Å². The van der Waals surface area contributed by atoms with E-state index in [4.69, 9.17) is 32.7 Å². The Labute approximate surface area is 123 Å². The Hall–Kier alpha value is -0.480. The van der Waals surface area contributed by atoms with Crippen LogP contribution in [0.3, 0.4) is 0 Å². The van der Waals surface area contributed by atoms with E-state index in [1.54, 1.807) is 6.07 Å². The molecule has 1 aliphatic heterocycles. The summed E-state index contributed by atoms with van der Waals surface area (Å²) in [5, 5.41) is 4.87. The molecule has 1 aliphatic carbocycles. The summed E-state index contributed by atoms with van der Waals surface area (Å²) < 4.78 is 11.5. The average Bonchev–Trinajstić information content (AvgIpc) is 2.85. The number of hydrogen-bond donors (Lipinski definition) is 1. The van der Waals surface area contributed by atoms with Crippen LogP contribution in [-0.2, 0) is 9.47 Å². The molecule has 2 fully saturated rings. The summed E-state index contributed by atoms with van der Waals surface area (Å²) in [4.78, 5) is 0. The molecule has 2 aliphatic rings. The van der Waals surface area contributed by atoms with Crippen LogP contribution < -0.4 is 5.32 Å². The molecule has 5 heteroatoms. The molecule has 1 aromatic carbocycles. The Morgan fingerprint density at radius 1 is 1.11 bits per heavy atom. The molecular formula is C14H17Cl2NO2. The van der Waals surface area contributed by atoms with Crippen LogP contribution in [0.25, 0.3) is 0 Å². The van der Waals surface area contributed by atoms with Crippen molar-refractivity contribution in [2.45, 2.75) is 37.5 Å². The number of benzene rings is 1. The summed E-state index contributed by atoms with van der Waals surface area (Å²) >= 11 is 12.2. The summed E-state index contributed by atoms with van der Waals surface area (Å²) in [6, 6.07) is 5.89. The first-order valence-corrected chi connectivity index (χ1v) is 7.42. The highest BCUT2D eigenvalue weighted by molar-refractivity contribution is 6.35. The van der Waals surface area contributed by atoms with Gasteiger partial charge in [0.1, 0.15) is 0 Å². The predicted molar refractivity (Wildman–Crippen MR) is 77.0 cm³/mol. The Morgan fingerprint density at radius 2 is 1.79 bits per heavy atom. The van der Waals surface area contributed by atoms with E-state index in [0.29, 0.717) is 16.1 Å². The molecule has 3 rings (SSSR count). The fraction of sp³-hybridized carbons (Fsp3) is 0.571. The smallest absolute Gasteiger partial charge is 0.168 e. The molecule has 1 saturated heterocycles. The first kappa shape index (κ1) is 13.5. The van der Waals surface area contributed by atoms with Gasteiger partial charge in [0.15, 0.2) is 5.79 Å². The van der Waals surface area contributed by atoms with Gasteiger partial charge < -0.3 is 14.8 Å². The van der Waals surface area contributed by atoms with Crippen molar-refractivity contribution in [3.8, 4) is 0 Å². The van der Waals surface area contributed by atoms with Crippen LogP contribution in [0.2, 0.25) is 10.0 Å². The third-order valence-electron chi connectivity index (χ3n) is 3.85. The Bertz CT molecular complexity index is 451. The Morgan fingerprint density at radius 3 is 2.47 bits per heavy atom. The van der Waals surface area contributed by atoms with Gasteiger partial charge in [0.25, 0.3) is 0 Å². The third-order valence-corrected chi connectivity index (χ3v) is 4.41. The second-order valence-corrected chi connectivity index (χ2v) is 5.99. The number of nitrogens with one attached hydrogen (secondary N) is 1. The SMILES string of the molecule is Clc1ccc(Cl)c(NC2CCC3(CC2)OCCO3)c1. The zero-order chi connectivity index (χ0) is 13.3. The maximum absolute atomic E-state index is 6.17. The van der Waals surface area contributed by atoms with Crippen LogP contribution in [0, 0.1) is 0 Å². The molecule has 1 heterocycles. The van der Waals surface area contributed by atoms with Gasteiger partial charge in [-0.2, -0.15) is 0 Å². The molecule has 1 N–H and O–H groups in total. The quantitative estimate of drug-likeness (QED) is 0.892. The zero-order valence-electron chi connectivity index (χ0n) is 10.6. The minimum atomic E-state index is -0.309. The average molecular weight is 302 g/mol. The molecule has 0 unspecified atom stereocenters. The summed E-state index contributed by atoms with van der Waals surface area (Å²) in [5.74, 6) is -0.309. The number of rotatable bonds is 2. The summed E-state index contributed by atoms with van der Waals surface area (Å²) in [5.41, 5.74) is 0.906. The molecule has 104 valence electrons. The molecule has 0 amide bonds. The minimum absolute atomic E-state index is 0.309. The lowest BCUT2D eigenvalue weighted by Crippen LogP contribution is -2.39. The van der Waals surface area contributed by atoms with Crippen LogP contribution in [0.5, 0.6) is 0 Å². The van der Waals surface area contributed by atoms with Crippen molar-refractivity contribution in [1.82, 2.24) is 0 Å². The van der Waals surface area contributed by atoms with Gasteiger partial charge in [-0.05, 0) is 31.0 Å². The van der Waals surface area contributed by atoms with Crippen molar-refractivity contribution < 1.29 is 9.47 Å². The van der Waals surface area contributed by atoms with E-state index >= 15 is 0 Å². The lowest BCUT2D eigenvalue weighted by molar-refractivity contribution is -0.177. The van der Waals surface area contributed by atoms with Crippen LogP contribution >= 0.6 is 23.2 Å². The standard InChI is InChI=1S/C14H17Cl2NO2/c15-10-1-2-12(16)13(9-10)17-11-3-5-14(6-4-11)18-7-8-19-14/h1-2,9,11,17H,3-8H2. The second kappa shape index (κ2) is 5.49. The molecule has 3 nitrogen and oxygen atoms in total. The molecule has 1 aromatic rings. The highest BCUT2D eigenvalue weighted by Gasteiger charge is 2.40. The van der Waals surface area contributed by atoms with Gasteiger partial charge in [0.05, 0.1) is 23.9 Å². The lowest BCUT2D eigenvalue weighted by atomic mass is 9.90. The van der Waals surface area contributed by atoms with E-state index in [2.05, 4.69) is 5.32 Å². The van der Waals surface area contributed by atoms with Crippen molar-refractivity contribution in [1.29, 1.82) is 0 Å². The fourth-order valence-electron chi connectivity index (χ4n) is 2.82.